The molecule has 0 aromatic heterocycles. The van der Waals surface area contributed by atoms with E-state index in [-0.39, 0.29) is 0 Å². The Balaban J connectivity index is 1.96. The Morgan fingerprint density at radius 2 is 1.63 bits per heavy atom. The molecular weight excluding hydrogens is 401 g/mol. The summed E-state index contributed by atoms with van der Waals surface area (Å²) in [6.45, 7) is 0.312. The van der Waals surface area contributed by atoms with Crippen LogP contribution in [0.4, 0.5) is 0 Å². The van der Waals surface area contributed by atoms with Crippen LogP contribution in [-0.2, 0) is 6.61 Å². The third-order valence-corrected chi connectivity index (χ3v) is 4.59. The summed E-state index contributed by atoms with van der Waals surface area (Å²) in [5.74, 6) is 0.472. The van der Waals surface area contributed by atoms with Gasteiger partial charge in [-0.05, 0) is 41.5 Å². The maximum absolute atomic E-state index is 9.57. The number of nitrogens with zero attached hydrogens (tertiary/aromatic N) is 1. The van der Waals surface area contributed by atoms with Crippen molar-refractivity contribution in [3.05, 3.63) is 98.5 Å². The summed E-state index contributed by atoms with van der Waals surface area (Å²) >= 11 is 18.4. The summed E-state index contributed by atoms with van der Waals surface area (Å²) < 4.78 is 5.94. The van der Waals surface area contributed by atoms with E-state index in [0.29, 0.717) is 38.6 Å². The lowest BCUT2D eigenvalue weighted by molar-refractivity contribution is 0.306. The first-order chi connectivity index (χ1) is 13.1. The van der Waals surface area contributed by atoms with Gasteiger partial charge in [0.15, 0.2) is 0 Å². The van der Waals surface area contributed by atoms with Gasteiger partial charge in [-0.2, -0.15) is 5.26 Å². The van der Waals surface area contributed by atoms with E-state index in [1.54, 1.807) is 30.3 Å². The van der Waals surface area contributed by atoms with Crippen molar-refractivity contribution in [3.8, 4) is 11.8 Å². The summed E-state index contributed by atoms with van der Waals surface area (Å²) in [5.41, 5.74) is 2.89. The van der Waals surface area contributed by atoms with Gasteiger partial charge < -0.3 is 4.74 Å². The summed E-state index contributed by atoms with van der Waals surface area (Å²) in [4.78, 5) is 0. The number of halogens is 3. The van der Waals surface area contributed by atoms with E-state index in [9.17, 15) is 5.26 Å². The molecule has 3 aromatic carbocycles. The van der Waals surface area contributed by atoms with Gasteiger partial charge in [0.1, 0.15) is 12.4 Å². The standard InChI is InChI=1S/C22H14Cl3NO/c23-19-8-6-15(7-9-19)14-27-22-17(11-20(24)12-21(22)25)10-18(13-26)16-4-2-1-3-5-16/h1-12H,14H2/b18-10+. The summed E-state index contributed by atoms with van der Waals surface area (Å²) in [5, 5.41) is 11.1. The van der Waals surface area contributed by atoms with Gasteiger partial charge in [-0.1, -0.05) is 77.3 Å². The van der Waals surface area contributed by atoms with E-state index >= 15 is 0 Å². The lowest BCUT2D eigenvalue weighted by atomic mass is 10.0. The second-order valence-corrected chi connectivity index (χ2v) is 7.04. The maximum atomic E-state index is 9.57. The Bertz CT molecular complexity index is 1010. The molecule has 3 rings (SSSR count). The van der Waals surface area contributed by atoms with Gasteiger partial charge in [0.2, 0.25) is 0 Å². The summed E-state index contributed by atoms with van der Waals surface area (Å²) in [6.07, 6.45) is 1.73. The molecule has 0 atom stereocenters. The molecule has 27 heavy (non-hydrogen) atoms. The zero-order chi connectivity index (χ0) is 19.2. The predicted octanol–water partition coefficient (Wildman–Crippen LogP) is 7.29. The molecule has 0 N–H and O–H groups in total. The van der Waals surface area contributed by atoms with Gasteiger partial charge in [0.25, 0.3) is 0 Å². The van der Waals surface area contributed by atoms with Crippen molar-refractivity contribution < 1.29 is 4.74 Å². The highest BCUT2D eigenvalue weighted by atomic mass is 35.5. The van der Waals surface area contributed by atoms with Crippen LogP contribution in [0.25, 0.3) is 11.6 Å². The second kappa shape index (κ2) is 8.97. The first-order valence-corrected chi connectivity index (χ1v) is 9.23. The molecule has 0 fully saturated rings. The Hall–Kier alpha value is -2.44. The Morgan fingerprint density at radius 3 is 2.30 bits per heavy atom. The van der Waals surface area contributed by atoms with Gasteiger partial charge in [0.05, 0.1) is 16.7 Å². The number of allylic oxidation sites excluding steroid dienone is 1. The minimum Gasteiger partial charge on any atom is -0.487 e. The topological polar surface area (TPSA) is 33.0 Å². The van der Waals surface area contributed by atoms with Crippen molar-refractivity contribution in [2.75, 3.05) is 0 Å². The quantitative estimate of drug-likeness (QED) is 0.324. The molecule has 0 radical (unpaired) electrons. The number of hydrogen-bond donors (Lipinski definition) is 0. The largest absolute Gasteiger partial charge is 0.487 e. The third kappa shape index (κ3) is 5.05. The Kier molecular flexibility index (Phi) is 6.42. The molecule has 0 amide bonds. The minimum absolute atomic E-state index is 0.312. The lowest BCUT2D eigenvalue weighted by Crippen LogP contribution is -1.98. The maximum Gasteiger partial charge on any atom is 0.145 e. The van der Waals surface area contributed by atoms with E-state index < -0.39 is 0 Å². The number of ether oxygens (including phenoxy) is 1. The van der Waals surface area contributed by atoms with Crippen LogP contribution < -0.4 is 4.74 Å². The second-order valence-electron chi connectivity index (χ2n) is 5.76. The van der Waals surface area contributed by atoms with E-state index in [1.165, 1.54) is 0 Å². The zero-order valence-corrected chi connectivity index (χ0v) is 16.4. The van der Waals surface area contributed by atoms with Gasteiger partial charge in [-0.3, -0.25) is 0 Å². The molecule has 134 valence electrons. The average molecular weight is 415 g/mol. The third-order valence-electron chi connectivity index (χ3n) is 3.84. The van der Waals surface area contributed by atoms with Crippen LogP contribution in [0.15, 0.2) is 66.7 Å². The molecule has 0 unspecified atom stereocenters. The van der Waals surface area contributed by atoms with Crippen LogP contribution in [0.5, 0.6) is 5.75 Å². The molecule has 0 aliphatic carbocycles. The van der Waals surface area contributed by atoms with Gasteiger partial charge in [-0.25, -0.2) is 0 Å². The smallest absolute Gasteiger partial charge is 0.145 e. The van der Waals surface area contributed by atoms with Crippen LogP contribution in [0, 0.1) is 11.3 Å². The van der Waals surface area contributed by atoms with Crippen molar-refractivity contribution in [1.82, 2.24) is 0 Å². The first-order valence-electron chi connectivity index (χ1n) is 8.10. The molecular formula is C22H14Cl3NO. The fraction of sp³-hybridized carbons (Fsp3) is 0.0455. The van der Waals surface area contributed by atoms with Crippen molar-refractivity contribution in [3.63, 3.8) is 0 Å². The van der Waals surface area contributed by atoms with Crippen molar-refractivity contribution in [1.29, 1.82) is 5.26 Å². The minimum atomic E-state index is 0.312. The van der Waals surface area contributed by atoms with E-state index in [2.05, 4.69) is 6.07 Å². The predicted molar refractivity (Wildman–Crippen MR) is 112 cm³/mol. The molecule has 0 heterocycles. The first kappa shape index (κ1) is 19.3. The van der Waals surface area contributed by atoms with Crippen LogP contribution in [0.2, 0.25) is 15.1 Å². The molecule has 3 aromatic rings. The number of benzene rings is 3. The lowest BCUT2D eigenvalue weighted by Gasteiger charge is -2.13. The van der Waals surface area contributed by atoms with Gasteiger partial charge in [-0.15, -0.1) is 0 Å². The fourth-order valence-electron chi connectivity index (χ4n) is 2.53. The van der Waals surface area contributed by atoms with Gasteiger partial charge >= 0.3 is 0 Å². The molecule has 0 spiro atoms. The number of rotatable bonds is 5. The van der Waals surface area contributed by atoms with Crippen molar-refractivity contribution in [2.45, 2.75) is 6.61 Å². The van der Waals surface area contributed by atoms with Crippen LogP contribution in [-0.4, -0.2) is 0 Å². The van der Waals surface area contributed by atoms with E-state index in [4.69, 9.17) is 39.5 Å². The number of hydrogen-bond acceptors (Lipinski definition) is 2. The Labute approximate surface area is 173 Å². The molecule has 5 heteroatoms. The molecule has 0 saturated heterocycles. The number of nitriles is 1. The van der Waals surface area contributed by atoms with E-state index in [1.807, 2.05) is 42.5 Å². The molecule has 0 saturated carbocycles. The van der Waals surface area contributed by atoms with Crippen LogP contribution >= 0.6 is 34.8 Å². The van der Waals surface area contributed by atoms with Crippen molar-refractivity contribution >= 4 is 46.5 Å². The highest BCUT2D eigenvalue weighted by molar-refractivity contribution is 6.36. The normalized spacial score (nSPS) is 11.1. The highest BCUT2D eigenvalue weighted by Crippen LogP contribution is 2.35. The monoisotopic (exact) mass is 413 g/mol. The van der Waals surface area contributed by atoms with E-state index in [0.717, 1.165) is 11.1 Å². The van der Waals surface area contributed by atoms with Crippen molar-refractivity contribution in [2.24, 2.45) is 0 Å². The fourth-order valence-corrected chi connectivity index (χ4v) is 3.22. The molecule has 0 aliphatic heterocycles. The SMILES string of the molecule is N#C/C(=C\c1cc(Cl)cc(Cl)c1OCc1ccc(Cl)cc1)c1ccccc1. The molecule has 0 bridgehead atoms. The van der Waals surface area contributed by atoms with Crippen LogP contribution in [0.1, 0.15) is 16.7 Å². The highest BCUT2D eigenvalue weighted by Gasteiger charge is 2.12. The average Bonchev–Trinajstić information content (AvgIpc) is 2.67. The molecule has 2 nitrogen and oxygen atoms in total. The Morgan fingerprint density at radius 1 is 0.926 bits per heavy atom. The zero-order valence-electron chi connectivity index (χ0n) is 14.1. The van der Waals surface area contributed by atoms with Gasteiger partial charge in [0, 0.05) is 15.6 Å². The summed E-state index contributed by atoms with van der Waals surface area (Å²) in [6, 6.07) is 22.3. The molecule has 0 aliphatic rings. The van der Waals surface area contributed by atoms with Crippen LogP contribution in [0.3, 0.4) is 0 Å². The summed E-state index contributed by atoms with van der Waals surface area (Å²) in [7, 11) is 0.